The number of hydrogen-bond donors (Lipinski definition) is 1. The van der Waals surface area contributed by atoms with Crippen molar-refractivity contribution in [3.05, 3.63) is 223 Å². The molecule has 0 fully saturated rings. The van der Waals surface area contributed by atoms with Crippen molar-refractivity contribution in [1.82, 2.24) is 19.6 Å². The number of ether oxygens (including phenoxy) is 1. The molecule has 6 amide bonds. The molecule has 10 rings (SSSR count). The van der Waals surface area contributed by atoms with E-state index in [2.05, 4.69) is 0 Å². The monoisotopic (exact) mass is 1090 g/mol. The summed E-state index contributed by atoms with van der Waals surface area (Å²) >= 11 is 11.9. The lowest BCUT2D eigenvalue weighted by atomic mass is 10.1. The van der Waals surface area contributed by atoms with Crippen molar-refractivity contribution in [2.75, 3.05) is 55.7 Å². The van der Waals surface area contributed by atoms with Crippen LogP contribution in [0.15, 0.2) is 158 Å². The van der Waals surface area contributed by atoms with Crippen molar-refractivity contribution in [3.63, 3.8) is 0 Å². The number of carboxylic acid groups (broad SMARTS) is 1. The minimum absolute atomic E-state index is 0.0409. The molecule has 0 unspecified atom stereocenters. The van der Waals surface area contributed by atoms with Gasteiger partial charge >= 0.3 is 11.9 Å². The minimum Gasteiger partial charge on any atom is -0.478 e. The number of nitrogens with zero attached hydrogens (tertiary/aromatic N) is 6. The predicted molar refractivity (Wildman–Crippen MR) is 294 cm³/mol. The Hall–Kier alpha value is -8.86. The zero-order valence-corrected chi connectivity index (χ0v) is 43.9. The number of rotatable bonds is 11. The first-order valence-electron chi connectivity index (χ1n) is 25.1. The van der Waals surface area contributed by atoms with Gasteiger partial charge < -0.3 is 39.2 Å². The van der Waals surface area contributed by atoms with Crippen LogP contribution in [0.4, 0.5) is 11.4 Å². The number of fused-ring (bicyclic) bond motifs is 2. The van der Waals surface area contributed by atoms with Crippen molar-refractivity contribution in [3.8, 4) is 0 Å². The fourth-order valence-corrected chi connectivity index (χ4v) is 9.62. The molecule has 78 heavy (non-hydrogen) atoms. The average molecular weight is 1090 g/mol. The zero-order valence-electron chi connectivity index (χ0n) is 42.3. The number of amides is 6. The molecule has 6 aromatic carbocycles. The fraction of sp³-hybridized carbons (Fsp3) is 0.200. The van der Waals surface area contributed by atoms with Crippen LogP contribution in [-0.2, 0) is 40.5 Å². The van der Waals surface area contributed by atoms with Crippen LogP contribution in [0, 0.1) is 0 Å². The van der Waals surface area contributed by atoms with Gasteiger partial charge in [0.15, 0.2) is 0 Å². The molecular weight excluding hydrogens is 1040 g/mol. The third-order valence-electron chi connectivity index (χ3n) is 13.5. The van der Waals surface area contributed by atoms with Crippen molar-refractivity contribution >= 4 is 82.0 Å². The summed E-state index contributed by atoms with van der Waals surface area (Å²) < 4.78 is 5.18. The van der Waals surface area contributed by atoms with Crippen LogP contribution in [0.5, 0.6) is 0 Å². The lowest BCUT2D eigenvalue weighted by Crippen LogP contribution is -2.39. The van der Waals surface area contributed by atoms with E-state index in [1.807, 2.05) is 36.4 Å². The minimum atomic E-state index is -1.11. The quantitative estimate of drug-likeness (QED) is 0.0970. The summed E-state index contributed by atoms with van der Waals surface area (Å²) in [4.78, 5) is 113. The number of esters is 1. The van der Waals surface area contributed by atoms with E-state index in [0.717, 1.165) is 16.7 Å². The molecule has 1 N–H and O–H groups in total. The lowest BCUT2D eigenvalue weighted by molar-refractivity contribution is -0.120. The first-order chi connectivity index (χ1) is 37.6. The van der Waals surface area contributed by atoms with Gasteiger partial charge in [0.2, 0.25) is 11.8 Å². The van der Waals surface area contributed by atoms with E-state index in [9.17, 15) is 43.5 Å². The Morgan fingerprint density at radius 3 is 1.15 bits per heavy atom. The highest BCUT2D eigenvalue weighted by atomic mass is 35.5. The number of halogens is 2. The molecule has 0 spiro atoms. The van der Waals surface area contributed by atoms with Crippen LogP contribution in [0.25, 0.3) is 0 Å². The molecule has 0 aromatic heterocycles. The largest absolute Gasteiger partial charge is 0.478 e. The van der Waals surface area contributed by atoms with Crippen molar-refractivity contribution in [1.29, 1.82) is 0 Å². The molecular formula is C60H52Cl2N6O10. The summed E-state index contributed by atoms with van der Waals surface area (Å²) in [5.41, 5.74) is 6.19. The standard InChI is InChI=1S/C31H28ClN3O5.C29H24ClN3O5/c1-2-40-31(39)24-9-10-25-19-34(30(38)23-11-13-26(32)14-12-23)20-28(36)35(27(25)17-24)18-21-5-7-22(8-6-21)29(37)33-15-3-4-16-33;30-24-11-9-21(10-12-24)28(36)32-17-23-8-7-22(29(37)38)15-25(23)33(26(34)18-32)16-19-3-5-20(6-4-19)27(35)31-13-1-2-14-31/h3-14,17H,2,15-16,18-20H2,1H3;1-12,15H,13-14,16-18H2,(H,37,38). The number of anilines is 2. The molecule has 0 aliphatic carbocycles. The smallest absolute Gasteiger partial charge is 0.338 e. The van der Waals surface area contributed by atoms with Gasteiger partial charge in [-0.15, -0.1) is 0 Å². The molecule has 4 heterocycles. The molecule has 0 atom stereocenters. The molecule has 4 aliphatic rings. The maximum absolute atomic E-state index is 13.7. The maximum atomic E-state index is 13.7. The van der Waals surface area contributed by atoms with E-state index in [0.29, 0.717) is 81.0 Å². The van der Waals surface area contributed by atoms with Crippen molar-refractivity contribution < 1.29 is 48.2 Å². The third-order valence-corrected chi connectivity index (χ3v) is 14.0. The molecule has 396 valence electrons. The highest BCUT2D eigenvalue weighted by Crippen LogP contribution is 2.32. The molecule has 4 aliphatic heterocycles. The lowest BCUT2D eigenvalue weighted by Gasteiger charge is -2.24. The van der Waals surface area contributed by atoms with Gasteiger partial charge in [0.1, 0.15) is 13.1 Å². The summed E-state index contributed by atoms with van der Waals surface area (Å²) in [6, 6.07) is 36.7. The Labute approximate surface area is 459 Å². The number of benzene rings is 6. The summed E-state index contributed by atoms with van der Waals surface area (Å²) in [7, 11) is 0. The second kappa shape index (κ2) is 24.0. The second-order valence-electron chi connectivity index (χ2n) is 18.8. The Morgan fingerprint density at radius 1 is 0.449 bits per heavy atom. The van der Waals surface area contributed by atoms with Crippen LogP contribution in [0.1, 0.15) is 91.3 Å². The Balaban J connectivity index is 0.000000190. The topological polar surface area (TPSA) is 185 Å². The van der Waals surface area contributed by atoms with E-state index in [4.69, 9.17) is 27.9 Å². The summed E-state index contributed by atoms with van der Waals surface area (Å²) in [5.74, 6) is -3.00. The van der Waals surface area contributed by atoms with E-state index in [-0.39, 0.29) is 86.9 Å². The van der Waals surface area contributed by atoms with Gasteiger partial charge in [-0.2, -0.15) is 0 Å². The Bertz CT molecular complexity index is 3370. The Kier molecular flexibility index (Phi) is 16.6. The predicted octanol–water partition coefficient (Wildman–Crippen LogP) is 8.96. The van der Waals surface area contributed by atoms with Gasteiger partial charge in [0.25, 0.3) is 23.6 Å². The average Bonchev–Trinajstić information content (AvgIpc) is 4.18. The summed E-state index contributed by atoms with van der Waals surface area (Å²) in [6.07, 6.45) is 7.81. The van der Waals surface area contributed by atoms with Gasteiger partial charge in [0.05, 0.1) is 30.8 Å². The van der Waals surface area contributed by atoms with Gasteiger partial charge in [-0.3, -0.25) is 28.8 Å². The molecule has 0 bridgehead atoms. The van der Waals surface area contributed by atoms with Crippen LogP contribution >= 0.6 is 23.2 Å². The normalized spacial score (nSPS) is 14.8. The van der Waals surface area contributed by atoms with Gasteiger partial charge in [-0.25, -0.2) is 9.59 Å². The number of hydrogen-bond acceptors (Lipinski definition) is 9. The molecule has 16 nitrogen and oxygen atoms in total. The van der Waals surface area contributed by atoms with Crippen LogP contribution in [-0.4, -0.2) is 118 Å². The fourth-order valence-electron chi connectivity index (χ4n) is 9.37. The highest BCUT2D eigenvalue weighted by Gasteiger charge is 2.33. The van der Waals surface area contributed by atoms with Gasteiger partial charge in [-0.1, -0.05) is 83.9 Å². The van der Waals surface area contributed by atoms with Crippen LogP contribution in [0.2, 0.25) is 10.0 Å². The molecule has 6 aromatic rings. The van der Waals surface area contributed by atoms with Crippen LogP contribution < -0.4 is 9.80 Å². The van der Waals surface area contributed by atoms with Crippen LogP contribution in [0.3, 0.4) is 0 Å². The van der Waals surface area contributed by atoms with Gasteiger partial charge in [0, 0.05) is 82.9 Å². The van der Waals surface area contributed by atoms with E-state index in [1.54, 1.807) is 131 Å². The Morgan fingerprint density at radius 2 is 0.782 bits per heavy atom. The number of carbonyl (C=O) groups is 8. The second-order valence-corrected chi connectivity index (χ2v) is 19.6. The van der Waals surface area contributed by atoms with Gasteiger partial charge in [-0.05, 0) is 126 Å². The maximum Gasteiger partial charge on any atom is 0.338 e. The van der Waals surface area contributed by atoms with E-state index in [1.165, 1.54) is 26.8 Å². The number of carboxylic acids is 1. The molecule has 18 heteroatoms. The summed E-state index contributed by atoms with van der Waals surface area (Å²) in [6.45, 7) is 4.62. The summed E-state index contributed by atoms with van der Waals surface area (Å²) in [5, 5.41) is 10.6. The number of carbonyl (C=O) groups excluding carboxylic acids is 7. The number of aromatic carboxylic acids is 1. The highest BCUT2D eigenvalue weighted by molar-refractivity contribution is 6.31. The first-order valence-corrected chi connectivity index (χ1v) is 25.8. The van der Waals surface area contributed by atoms with E-state index < -0.39 is 11.9 Å². The van der Waals surface area contributed by atoms with Crippen molar-refractivity contribution in [2.24, 2.45) is 0 Å². The van der Waals surface area contributed by atoms with E-state index >= 15 is 0 Å². The van der Waals surface area contributed by atoms with Crippen molar-refractivity contribution in [2.45, 2.75) is 33.1 Å². The SMILES string of the molecule is CCOC(=O)c1ccc2c(c1)N(Cc1ccc(C(=O)N3CC=CC3)cc1)C(=O)CN(C(=O)c1ccc(Cl)cc1)C2.O=C(O)c1ccc2c(c1)N(Cc1ccc(C(=O)N3CC=CC3)cc1)C(=O)CN(C(=O)c1ccc(Cl)cc1)C2. The third kappa shape index (κ3) is 12.4. The molecule has 0 radical (unpaired) electrons. The zero-order chi connectivity index (χ0) is 55.0. The first kappa shape index (κ1) is 53.9. The molecule has 0 saturated carbocycles. The molecule has 0 saturated heterocycles.